The van der Waals surface area contributed by atoms with Crippen molar-refractivity contribution in [3.05, 3.63) is 46.5 Å². The fraction of sp³-hybridized carbons (Fsp3) is 0.273. The zero-order valence-corrected chi connectivity index (χ0v) is 8.28. The van der Waals surface area contributed by atoms with Crippen molar-refractivity contribution >= 4 is 11.6 Å². The quantitative estimate of drug-likeness (QED) is 0.608. The van der Waals surface area contributed by atoms with E-state index < -0.39 is 0 Å². The summed E-state index contributed by atoms with van der Waals surface area (Å²) in [5.41, 5.74) is 3.61. The van der Waals surface area contributed by atoms with E-state index in [0.717, 1.165) is 11.4 Å². The maximum atomic E-state index is 5.97. The molecule has 0 aliphatic heterocycles. The van der Waals surface area contributed by atoms with E-state index in [4.69, 9.17) is 11.6 Å². The van der Waals surface area contributed by atoms with Crippen molar-refractivity contribution in [3.8, 4) is 0 Å². The Bertz CT molecular complexity index is 300. The van der Waals surface area contributed by atoms with E-state index in [-0.39, 0.29) is 0 Å². The molecule has 1 heteroatoms. The first kappa shape index (κ1) is 9.34. The first-order chi connectivity index (χ1) is 5.61. The number of rotatable bonds is 2. The van der Waals surface area contributed by atoms with Crippen LogP contribution in [0, 0.1) is 6.92 Å². The zero-order valence-electron chi connectivity index (χ0n) is 7.52. The van der Waals surface area contributed by atoms with Crippen LogP contribution in [0.25, 0.3) is 0 Å². The van der Waals surface area contributed by atoms with Crippen molar-refractivity contribution in [2.75, 3.05) is 0 Å². The van der Waals surface area contributed by atoms with Gasteiger partial charge in [0.25, 0.3) is 0 Å². The van der Waals surface area contributed by atoms with Gasteiger partial charge in [-0.2, -0.15) is 0 Å². The summed E-state index contributed by atoms with van der Waals surface area (Å²) in [6.45, 7) is 7.95. The van der Waals surface area contributed by atoms with E-state index in [1.807, 2.05) is 26.0 Å². The second-order valence-electron chi connectivity index (χ2n) is 3.16. The minimum absolute atomic E-state index is 0.841. The second kappa shape index (κ2) is 3.77. The number of benzene rings is 1. The van der Waals surface area contributed by atoms with Gasteiger partial charge in [-0.3, -0.25) is 0 Å². The van der Waals surface area contributed by atoms with Crippen molar-refractivity contribution in [1.82, 2.24) is 0 Å². The molecule has 0 bridgehead atoms. The molecule has 0 aromatic heterocycles. The highest BCUT2D eigenvalue weighted by molar-refractivity contribution is 6.31. The van der Waals surface area contributed by atoms with Crippen LogP contribution < -0.4 is 0 Å². The number of allylic oxidation sites excluding steroid dienone is 1. The standard InChI is InChI=1S/C11H13Cl/c1-8(2)7-10-5-4-6-11(12)9(10)3/h4-6H,1,7H2,2-3H3. The minimum Gasteiger partial charge on any atom is -0.0998 e. The van der Waals surface area contributed by atoms with E-state index in [2.05, 4.69) is 12.6 Å². The Morgan fingerprint density at radius 1 is 1.50 bits per heavy atom. The van der Waals surface area contributed by atoms with E-state index in [0.29, 0.717) is 0 Å². The Balaban J connectivity index is 3.00. The number of halogens is 1. The van der Waals surface area contributed by atoms with Crippen LogP contribution in [0.2, 0.25) is 5.02 Å². The maximum Gasteiger partial charge on any atom is 0.0438 e. The number of hydrogen-bond donors (Lipinski definition) is 0. The topological polar surface area (TPSA) is 0 Å². The molecule has 0 atom stereocenters. The summed E-state index contributed by atoms with van der Waals surface area (Å²) in [7, 11) is 0. The predicted molar refractivity (Wildman–Crippen MR) is 54.7 cm³/mol. The molecule has 0 radical (unpaired) electrons. The van der Waals surface area contributed by atoms with E-state index in [1.165, 1.54) is 16.7 Å². The van der Waals surface area contributed by atoms with Gasteiger partial charge in [-0.25, -0.2) is 0 Å². The lowest BCUT2D eigenvalue weighted by molar-refractivity contribution is 1.13. The first-order valence-electron chi connectivity index (χ1n) is 3.99. The van der Waals surface area contributed by atoms with Crippen LogP contribution in [-0.2, 0) is 6.42 Å². The zero-order chi connectivity index (χ0) is 9.14. The fourth-order valence-corrected chi connectivity index (χ4v) is 1.36. The van der Waals surface area contributed by atoms with Crippen LogP contribution in [-0.4, -0.2) is 0 Å². The highest BCUT2D eigenvalue weighted by atomic mass is 35.5. The van der Waals surface area contributed by atoms with Gasteiger partial charge in [-0.05, 0) is 37.5 Å². The lowest BCUT2D eigenvalue weighted by atomic mass is 10.0. The summed E-state index contributed by atoms with van der Waals surface area (Å²) in [4.78, 5) is 0. The van der Waals surface area contributed by atoms with Crippen LogP contribution in [0.1, 0.15) is 18.1 Å². The van der Waals surface area contributed by atoms with E-state index in [1.54, 1.807) is 0 Å². The summed E-state index contributed by atoms with van der Waals surface area (Å²) in [5, 5.41) is 0.841. The average molecular weight is 181 g/mol. The first-order valence-corrected chi connectivity index (χ1v) is 4.37. The van der Waals surface area contributed by atoms with E-state index >= 15 is 0 Å². The molecule has 12 heavy (non-hydrogen) atoms. The normalized spacial score (nSPS) is 9.92. The van der Waals surface area contributed by atoms with Gasteiger partial charge in [-0.1, -0.05) is 35.9 Å². The lowest BCUT2D eigenvalue weighted by Crippen LogP contribution is -1.90. The molecule has 1 rings (SSSR count). The molecule has 0 saturated heterocycles. The van der Waals surface area contributed by atoms with Crippen LogP contribution >= 0.6 is 11.6 Å². The Hall–Kier alpha value is -0.750. The SMILES string of the molecule is C=C(C)Cc1cccc(Cl)c1C. The molecule has 0 fully saturated rings. The Labute approximate surface area is 78.9 Å². The van der Waals surface area contributed by atoms with Crippen LogP contribution in [0.3, 0.4) is 0 Å². The van der Waals surface area contributed by atoms with E-state index in [9.17, 15) is 0 Å². The third-order valence-electron chi connectivity index (χ3n) is 1.87. The fourth-order valence-electron chi connectivity index (χ4n) is 1.17. The predicted octanol–water partition coefficient (Wildman–Crippen LogP) is 3.77. The van der Waals surface area contributed by atoms with Gasteiger partial charge in [-0.15, -0.1) is 0 Å². The molecular weight excluding hydrogens is 168 g/mol. The second-order valence-corrected chi connectivity index (χ2v) is 3.57. The van der Waals surface area contributed by atoms with Crippen molar-refractivity contribution in [2.24, 2.45) is 0 Å². The summed E-state index contributed by atoms with van der Waals surface area (Å²) < 4.78 is 0. The lowest BCUT2D eigenvalue weighted by Gasteiger charge is -2.06. The molecule has 64 valence electrons. The van der Waals surface area contributed by atoms with Gasteiger partial charge < -0.3 is 0 Å². The molecule has 1 aromatic rings. The molecule has 0 nitrogen and oxygen atoms in total. The highest BCUT2D eigenvalue weighted by Crippen LogP contribution is 2.20. The summed E-state index contributed by atoms with van der Waals surface area (Å²) >= 11 is 5.97. The van der Waals surface area contributed by atoms with Gasteiger partial charge in [0.1, 0.15) is 0 Å². The third kappa shape index (κ3) is 2.12. The van der Waals surface area contributed by atoms with Crippen LogP contribution in [0.5, 0.6) is 0 Å². The number of hydrogen-bond acceptors (Lipinski definition) is 0. The summed E-state index contributed by atoms with van der Waals surface area (Å²) in [5.74, 6) is 0. The molecule has 0 aliphatic rings. The molecule has 0 unspecified atom stereocenters. The van der Waals surface area contributed by atoms with Crippen molar-refractivity contribution in [1.29, 1.82) is 0 Å². The maximum absolute atomic E-state index is 5.97. The minimum atomic E-state index is 0.841. The molecule has 1 aromatic carbocycles. The summed E-state index contributed by atoms with van der Waals surface area (Å²) in [6.07, 6.45) is 0.923. The molecule has 0 heterocycles. The van der Waals surface area contributed by atoms with Crippen molar-refractivity contribution in [2.45, 2.75) is 20.3 Å². The van der Waals surface area contributed by atoms with Gasteiger partial charge in [0.05, 0.1) is 0 Å². The Morgan fingerprint density at radius 2 is 2.17 bits per heavy atom. The van der Waals surface area contributed by atoms with Gasteiger partial charge in [0.2, 0.25) is 0 Å². The van der Waals surface area contributed by atoms with Crippen LogP contribution in [0.15, 0.2) is 30.4 Å². The highest BCUT2D eigenvalue weighted by Gasteiger charge is 2.00. The van der Waals surface area contributed by atoms with Crippen molar-refractivity contribution in [3.63, 3.8) is 0 Å². The Kier molecular flexibility index (Phi) is 2.93. The summed E-state index contributed by atoms with van der Waals surface area (Å²) in [6, 6.07) is 5.99. The van der Waals surface area contributed by atoms with Gasteiger partial charge in [0, 0.05) is 5.02 Å². The largest absolute Gasteiger partial charge is 0.0998 e. The van der Waals surface area contributed by atoms with Crippen molar-refractivity contribution < 1.29 is 0 Å². The smallest absolute Gasteiger partial charge is 0.0438 e. The molecule has 0 saturated carbocycles. The molecule has 0 spiro atoms. The van der Waals surface area contributed by atoms with Gasteiger partial charge >= 0.3 is 0 Å². The molecule has 0 N–H and O–H groups in total. The monoisotopic (exact) mass is 180 g/mol. The van der Waals surface area contributed by atoms with Gasteiger partial charge in [0.15, 0.2) is 0 Å². The Morgan fingerprint density at radius 3 is 2.75 bits per heavy atom. The molecule has 0 amide bonds. The third-order valence-corrected chi connectivity index (χ3v) is 2.28. The van der Waals surface area contributed by atoms with Crippen LogP contribution in [0.4, 0.5) is 0 Å². The molecular formula is C11H13Cl. The molecule has 0 aliphatic carbocycles. The average Bonchev–Trinajstić information content (AvgIpc) is 1.98.